The molecule has 4 nitrogen and oxygen atoms in total. The zero-order valence-corrected chi connectivity index (χ0v) is 14.5. The van der Waals surface area contributed by atoms with Gasteiger partial charge in [0.1, 0.15) is 0 Å². The van der Waals surface area contributed by atoms with Gasteiger partial charge in [-0.05, 0) is 39.3 Å². The number of hydrogen-bond donors (Lipinski definition) is 2. The van der Waals surface area contributed by atoms with Gasteiger partial charge in [-0.2, -0.15) is 0 Å². The number of guanidine groups is 1. The third-order valence-electron chi connectivity index (χ3n) is 4.08. The Morgan fingerprint density at radius 1 is 1.26 bits per heavy atom. The Kier molecular flexibility index (Phi) is 8.77. The maximum atomic E-state index is 4.42. The molecule has 2 N–H and O–H groups in total. The third-order valence-corrected chi connectivity index (χ3v) is 4.08. The van der Waals surface area contributed by atoms with Gasteiger partial charge in [-0.1, -0.05) is 19.3 Å². The van der Waals surface area contributed by atoms with Gasteiger partial charge in [0.15, 0.2) is 5.96 Å². The SMILES string of the molecule is CN(CCCNC1=NCCCN1)C1CCCCC1.I. The molecule has 0 radical (unpaired) electrons. The fourth-order valence-electron chi connectivity index (χ4n) is 2.89. The summed E-state index contributed by atoms with van der Waals surface area (Å²) in [6.45, 7) is 4.26. The van der Waals surface area contributed by atoms with Crippen molar-refractivity contribution in [3.63, 3.8) is 0 Å². The Balaban J connectivity index is 0.00000180. The predicted octanol–water partition coefficient (Wildman–Crippen LogP) is 2.20. The molecule has 0 unspecified atom stereocenters. The minimum Gasteiger partial charge on any atom is -0.356 e. The van der Waals surface area contributed by atoms with E-state index < -0.39 is 0 Å². The molecule has 0 spiro atoms. The van der Waals surface area contributed by atoms with Crippen molar-refractivity contribution in [3.05, 3.63) is 0 Å². The smallest absolute Gasteiger partial charge is 0.191 e. The van der Waals surface area contributed by atoms with Gasteiger partial charge in [0.25, 0.3) is 0 Å². The summed E-state index contributed by atoms with van der Waals surface area (Å²) in [6, 6.07) is 0.837. The first-order valence-electron chi connectivity index (χ1n) is 7.59. The summed E-state index contributed by atoms with van der Waals surface area (Å²) in [5.41, 5.74) is 0. The van der Waals surface area contributed by atoms with Crippen molar-refractivity contribution in [1.29, 1.82) is 0 Å². The van der Waals surface area contributed by atoms with E-state index in [0.29, 0.717) is 0 Å². The molecule has 1 heterocycles. The van der Waals surface area contributed by atoms with Crippen LogP contribution in [0.4, 0.5) is 0 Å². The highest BCUT2D eigenvalue weighted by Gasteiger charge is 2.17. The lowest BCUT2D eigenvalue weighted by Gasteiger charge is -2.31. The molecule has 0 aromatic carbocycles. The van der Waals surface area contributed by atoms with Crippen LogP contribution in [0, 0.1) is 0 Å². The highest BCUT2D eigenvalue weighted by Crippen LogP contribution is 2.21. The molecule has 112 valence electrons. The Labute approximate surface area is 134 Å². The normalized spacial score (nSPS) is 20.4. The minimum atomic E-state index is 0. The minimum absolute atomic E-state index is 0. The third kappa shape index (κ3) is 6.29. The standard InChI is InChI=1S/C14H28N4.HI/c1-18(13-7-3-2-4-8-13)12-6-11-17-14-15-9-5-10-16-14;/h13H,2-12H2,1H3,(H2,15,16,17);1H. The Bertz CT molecular complexity index is 264. The van der Waals surface area contributed by atoms with Crippen molar-refractivity contribution in [2.45, 2.75) is 51.0 Å². The van der Waals surface area contributed by atoms with Crippen molar-refractivity contribution in [1.82, 2.24) is 15.5 Å². The van der Waals surface area contributed by atoms with Gasteiger partial charge in [-0.3, -0.25) is 4.99 Å². The quantitative estimate of drug-likeness (QED) is 0.568. The second-order valence-electron chi connectivity index (χ2n) is 5.56. The summed E-state index contributed by atoms with van der Waals surface area (Å²) in [7, 11) is 2.28. The van der Waals surface area contributed by atoms with Crippen molar-refractivity contribution in [2.75, 3.05) is 33.2 Å². The number of nitrogens with zero attached hydrogens (tertiary/aromatic N) is 2. The topological polar surface area (TPSA) is 39.7 Å². The molecule has 0 amide bonds. The second-order valence-corrected chi connectivity index (χ2v) is 5.56. The highest BCUT2D eigenvalue weighted by molar-refractivity contribution is 14.0. The average Bonchev–Trinajstić information content (AvgIpc) is 2.45. The first-order chi connectivity index (χ1) is 8.86. The van der Waals surface area contributed by atoms with E-state index in [1.54, 1.807) is 0 Å². The maximum Gasteiger partial charge on any atom is 0.191 e. The number of hydrogen-bond acceptors (Lipinski definition) is 4. The summed E-state index contributed by atoms with van der Waals surface area (Å²) in [4.78, 5) is 6.97. The van der Waals surface area contributed by atoms with Gasteiger partial charge < -0.3 is 15.5 Å². The van der Waals surface area contributed by atoms with Crippen LogP contribution in [-0.2, 0) is 0 Å². The molecule has 0 atom stereocenters. The molecular weight excluding hydrogens is 351 g/mol. The van der Waals surface area contributed by atoms with Gasteiger partial charge in [0, 0.05) is 25.7 Å². The number of rotatable bonds is 5. The van der Waals surface area contributed by atoms with Crippen LogP contribution in [0.25, 0.3) is 0 Å². The Hall–Kier alpha value is -0.0400. The van der Waals surface area contributed by atoms with E-state index in [9.17, 15) is 0 Å². The molecule has 19 heavy (non-hydrogen) atoms. The van der Waals surface area contributed by atoms with Crippen molar-refractivity contribution in [2.24, 2.45) is 4.99 Å². The average molecular weight is 380 g/mol. The zero-order valence-electron chi connectivity index (χ0n) is 12.2. The first kappa shape index (κ1) is 17.0. The van der Waals surface area contributed by atoms with Crippen molar-refractivity contribution >= 4 is 29.9 Å². The lowest BCUT2D eigenvalue weighted by atomic mass is 9.94. The molecule has 1 aliphatic heterocycles. The van der Waals surface area contributed by atoms with Crippen LogP contribution in [0.15, 0.2) is 4.99 Å². The van der Waals surface area contributed by atoms with Gasteiger partial charge in [-0.15, -0.1) is 24.0 Å². The van der Waals surface area contributed by atoms with Crippen LogP contribution < -0.4 is 10.6 Å². The summed E-state index contributed by atoms with van der Waals surface area (Å²) < 4.78 is 0. The van der Waals surface area contributed by atoms with Crippen LogP contribution >= 0.6 is 24.0 Å². The fourth-order valence-corrected chi connectivity index (χ4v) is 2.89. The number of halogens is 1. The van der Waals surface area contributed by atoms with E-state index in [4.69, 9.17) is 0 Å². The maximum absolute atomic E-state index is 4.42. The number of nitrogens with one attached hydrogen (secondary N) is 2. The first-order valence-corrected chi connectivity index (χ1v) is 7.59. The van der Waals surface area contributed by atoms with Gasteiger partial charge in [0.05, 0.1) is 0 Å². The largest absolute Gasteiger partial charge is 0.356 e. The zero-order chi connectivity index (χ0) is 12.6. The lowest BCUT2D eigenvalue weighted by Crippen LogP contribution is -2.42. The van der Waals surface area contributed by atoms with Gasteiger partial charge >= 0.3 is 0 Å². The van der Waals surface area contributed by atoms with Gasteiger partial charge in [0.2, 0.25) is 0 Å². The van der Waals surface area contributed by atoms with Crippen LogP contribution in [-0.4, -0.2) is 50.1 Å². The van der Waals surface area contributed by atoms with Crippen molar-refractivity contribution < 1.29 is 0 Å². The van der Waals surface area contributed by atoms with Crippen LogP contribution in [0.1, 0.15) is 44.9 Å². The van der Waals surface area contributed by atoms with E-state index in [1.807, 2.05) is 0 Å². The van der Waals surface area contributed by atoms with Crippen LogP contribution in [0.5, 0.6) is 0 Å². The molecule has 2 aliphatic rings. The van der Waals surface area contributed by atoms with Crippen LogP contribution in [0.2, 0.25) is 0 Å². The van der Waals surface area contributed by atoms with E-state index in [-0.39, 0.29) is 24.0 Å². The summed E-state index contributed by atoms with van der Waals surface area (Å²) in [5, 5.41) is 6.69. The molecule has 1 fully saturated rings. The molecule has 2 rings (SSSR count). The van der Waals surface area contributed by atoms with Gasteiger partial charge in [-0.25, -0.2) is 0 Å². The summed E-state index contributed by atoms with van der Waals surface area (Å²) >= 11 is 0. The monoisotopic (exact) mass is 380 g/mol. The second kappa shape index (κ2) is 9.80. The molecule has 0 saturated heterocycles. The predicted molar refractivity (Wildman–Crippen MR) is 92.5 cm³/mol. The Morgan fingerprint density at radius 2 is 2.05 bits per heavy atom. The molecule has 0 aromatic rings. The lowest BCUT2D eigenvalue weighted by molar-refractivity contribution is 0.190. The molecular formula is C14H29IN4. The molecule has 5 heteroatoms. The fraction of sp³-hybridized carbons (Fsp3) is 0.929. The van der Waals surface area contributed by atoms with Crippen molar-refractivity contribution in [3.8, 4) is 0 Å². The van der Waals surface area contributed by atoms with E-state index >= 15 is 0 Å². The Morgan fingerprint density at radius 3 is 2.74 bits per heavy atom. The highest BCUT2D eigenvalue weighted by atomic mass is 127. The summed E-state index contributed by atoms with van der Waals surface area (Å²) in [5.74, 6) is 1.00. The molecule has 1 aliphatic carbocycles. The van der Waals surface area contributed by atoms with Crippen LogP contribution in [0.3, 0.4) is 0 Å². The van der Waals surface area contributed by atoms with E-state index in [1.165, 1.54) is 45.1 Å². The van der Waals surface area contributed by atoms with E-state index in [2.05, 4.69) is 27.6 Å². The number of aliphatic imine (C=N–C) groups is 1. The van der Waals surface area contributed by atoms with E-state index in [0.717, 1.165) is 38.1 Å². The molecule has 0 bridgehead atoms. The molecule has 0 aromatic heterocycles. The molecule has 1 saturated carbocycles. The summed E-state index contributed by atoms with van der Waals surface area (Å²) in [6.07, 6.45) is 9.46.